The van der Waals surface area contributed by atoms with Crippen molar-refractivity contribution in [2.24, 2.45) is 0 Å². The van der Waals surface area contributed by atoms with Gasteiger partial charge in [0.2, 0.25) is 10.0 Å². The molecule has 0 aliphatic carbocycles. The van der Waals surface area contributed by atoms with Gasteiger partial charge in [0.25, 0.3) is 0 Å². The van der Waals surface area contributed by atoms with Crippen LogP contribution in [0, 0.1) is 6.92 Å². The predicted molar refractivity (Wildman–Crippen MR) is 74.2 cm³/mol. The predicted octanol–water partition coefficient (Wildman–Crippen LogP) is 0.680. The first kappa shape index (κ1) is 17.1. The second-order valence-electron chi connectivity index (χ2n) is 4.44. The zero-order valence-corrected chi connectivity index (χ0v) is 12.5. The highest BCUT2D eigenvalue weighted by Crippen LogP contribution is 2.12. The molecule has 0 radical (unpaired) electrons. The van der Waals surface area contributed by atoms with Gasteiger partial charge in [-0.3, -0.25) is 9.59 Å². The third-order valence-corrected chi connectivity index (χ3v) is 4.28. The van der Waals surface area contributed by atoms with E-state index >= 15 is 0 Å². The SMILES string of the molecule is COC(=O)CCC(NS(=O)(=O)c1ccc(C)cc1)C(=O)O. The molecule has 1 unspecified atom stereocenters. The van der Waals surface area contributed by atoms with Gasteiger partial charge in [0.15, 0.2) is 0 Å². The standard InChI is InChI=1S/C13H17NO6S/c1-9-3-5-10(6-4-9)21(18,19)14-11(13(16)17)7-8-12(15)20-2/h3-6,11,14H,7-8H2,1-2H3,(H,16,17). The van der Waals surface area contributed by atoms with Gasteiger partial charge in [-0.25, -0.2) is 8.42 Å². The van der Waals surface area contributed by atoms with E-state index in [0.29, 0.717) is 0 Å². The molecule has 0 amide bonds. The van der Waals surface area contributed by atoms with Crippen LogP contribution in [0.25, 0.3) is 0 Å². The number of benzene rings is 1. The number of hydrogen-bond acceptors (Lipinski definition) is 5. The van der Waals surface area contributed by atoms with Crippen LogP contribution in [0.15, 0.2) is 29.2 Å². The Hall–Kier alpha value is -1.93. The number of rotatable bonds is 7. The highest BCUT2D eigenvalue weighted by molar-refractivity contribution is 7.89. The summed E-state index contributed by atoms with van der Waals surface area (Å²) >= 11 is 0. The van der Waals surface area contributed by atoms with Crippen molar-refractivity contribution in [3.8, 4) is 0 Å². The Morgan fingerprint density at radius 1 is 1.29 bits per heavy atom. The molecule has 0 spiro atoms. The van der Waals surface area contributed by atoms with Gasteiger partial charge < -0.3 is 9.84 Å². The fourth-order valence-electron chi connectivity index (χ4n) is 1.57. The highest BCUT2D eigenvalue weighted by atomic mass is 32.2. The molecule has 1 aromatic carbocycles. The number of sulfonamides is 1. The van der Waals surface area contributed by atoms with Gasteiger partial charge in [0, 0.05) is 6.42 Å². The Kier molecular flexibility index (Phi) is 5.86. The van der Waals surface area contributed by atoms with Crippen LogP contribution >= 0.6 is 0 Å². The zero-order chi connectivity index (χ0) is 16.0. The normalized spacial score (nSPS) is 12.7. The number of hydrogen-bond donors (Lipinski definition) is 2. The van der Waals surface area contributed by atoms with E-state index in [1.807, 2.05) is 0 Å². The first-order chi connectivity index (χ1) is 9.76. The first-order valence-corrected chi connectivity index (χ1v) is 7.63. The molecule has 0 bridgehead atoms. The van der Waals surface area contributed by atoms with Crippen molar-refractivity contribution < 1.29 is 27.9 Å². The topological polar surface area (TPSA) is 110 Å². The Morgan fingerprint density at radius 3 is 2.33 bits per heavy atom. The summed E-state index contributed by atoms with van der Waals surface area (Å²) in [5.74, 6) is -1.95. The maximum absolute atomic E-state index is 12.1. The van der Waals surface area contributed by atoms with E-state index in [9.17, 15) is 18.0 Å². The number of esters is 1. The molecular weight excluding hydrogens is 298 g/mol. The fraction of sp³-hybridized carbons (Fsp3) is 0.385. The van der Waals surface area contributed by atoms with Gasteiger partial charge in [0.05, 0.1) is 12.0 Å². The van der Waals surface area contributed by atoms with Gasteiger partial charge in [-0.15, -0.1) is 0 Å². The molecule has 21 heavy (non-hydrogen) atoms. The quantitative estimate of drug-likeness (QED) is 0.716. The zero-order valence-electron chi connectivity index (χ0n) is 11.7. The minimum absolute atomic E-state index is 0.0302. The molecule has 0 saturated heterocycles. The average Bonchev–Trinajstić information content (AvgIpc) is 2.43. The van der Waals surface area contributed by atoms with Crippen LogP contribution in [-0.2, 0) is 24.3 Å². The molecule has 0 saturated carbocycles. The number of carboxylic acid groups (broad SMARTS) is 1. The maximum atomic E-state index is 12.1. The minimum atomic E-state index is -3.96. The van der Waals surface area contributed by atoms with Gasteiger partial charge in [-0.2, -0.15) is 4.72 Å². The molecular formula is C13H17NO6S. The van der Waals surface area contributed by atoms with Crippen molar-refractivity contribution >= 4 is 22.0 Å². The van der Waals surface area contributed by atoms with Crippen LogP contribution in [0.5, 0.6) is 0 Å². The van der Waals surface area contributed by atoms with E-state index < -0.39 is 28.0 Å². The van der Waals surface area contributed by atoms with Crippen molar-refractivity contribution in [1.29, 1.82) is 0 Å². The van der Waals surface area contributed by atoms with E-state index in [1.165, 1.54) is 19.2 Å². The smallest absolute Gasteiger partial charge is 0.321 e. The number of carbonyl (C=O) groups is 2. The molecule has 2 N–H and O–H groups in total. The average molecular weight is 315 g/mol. The first-order valence-electron chi connectivity index (χ1n) is 6.15. The number of nitrogens with one attached hydrogen (secondary N) is 1. The van der Waals surface area contributed by atoms with Crippen molar-refractivity contribution in [1.82, 2.24) is 4.72 Å². The summed E-state index contributed by atoms with van der Waals surface area (Å²) in [5, 5.41) is 9.03. The number of aliphatic carboxylic acids is 1. The molecule has 0 aliphatic heterocycles. The summed E-state index contributed by atoms with van der Waals surface area (Å²) in [4.78, 5) is 22.1. The number of carboxylic acids is 1. The van der Waals surface area contributed by atoms with Crippen LogP contribution in [0.1, 0.15) is 18.4 Å². The van der Waals surface area contributed by atoms with E-state index in [4.69, 9.17) is 5.11 Å². The number of ether oxygens (including phenoxy) is 1. The van der Waals surface area contributed by atoms with Crippen LogP contribution in [0.2, 0.25) is 0 Å². The van der Waals surface area contributed by atoms with Crippen molar-refractivity contribution in [3.63, 3.8) is 0 Å². The second kappa shape index (κ2) is 7.19. The van der Waals surface area contributed by atoms with Crippen molar-refractivity contribution in [2.45, 2.75) is 30.7 Å². The van der Waals surface area contributed by atoms with Crippen LogP contribution < -0.4 is 4.72 Å². The van der Waals surface area contributed by atoms with E-state index in [1.54, 1.807) is 19.1 Å². The number of methoxy groups -OCH3 is 1. The fourth-order valence-corrected chi connectivity index (χ4v) is 2.79. The highest BCUT2D eigenvalue weighted by Gasteiger charge is 2.26. The molecule has 8 heteroatoms. The lowest BCUT2D eigenvalue weighted by Crippen LogP contribution is -2.41. The van der Waals surface area contributed by atoms with Crippen LogP contribution in [0.4, 0.5) is 0 Å². The Balaban J connectivity index is 2.84. The maximum Gasteiger partial charge on any atom is 0.321 e. The molecule has 1 atom stereocenters. The summed E-state index contributed by atoms with van der Waals surface area (Å²) in [6.07, 6.45) is -0.378. The molecule has 0 fully saturated rings. The minimum Gasteiger partial charge on any atom is -0.480 e. The molecule has 0 aromatic heterocycles. The Bertz CT molecular complexity index is 608. The number of carbonyl (C=O) groups excluding carboxylic acids is 1. The third kappa shape index (κ3) is 5.16. The lowest BCUT2D eigenvalue weighted by atomic mass is 10.2. The molecule has 0 aliphatic rings. The lowest BCUT2D eigenvalue weighted by Gasteiger charge is -2.14. The van der Waals surface area contributed by atoms with Gasteiger partial charge >= 0.3 is 11.9 Å². The number of aryl methyl sites for hydroxylation is 1. The molecule has 1 rings (SSSR count). The third-order valence-electron chi connectivity index (χ3n) is 2.79. The molecule has 116 valence electrons. The van der Waals surface area contributed by atoms with Gasteiger partial charge in [-0.1, -0.05) is 17.7 Å². The van der Waals surface area contributed by atoms with E-state index in [0.717, 1.165) is 5.56 Å². The van der Waals surface area contributed by atoms with Crippen LogP contribution in [0.3, 0.4) is 0 Å². The monoisotopic (exact) mass is 315 g/mol. The van der Waals surface area contributed by atoms with E-state index in [-0.39, 0.29) is 17.7 Å². The molecule has 1 aromatic rings. The van der Waals surface area contributed by atoms with Gasteiger partial charge in [-0.05, 0) is 25.5 Å². The summed E-state index contributed by atoms with van der Waals surface area (Å²) in [7, 11) is -2.78. The van der Waals surface area contributed by atoms with Crippen LogP contribution in [-0.4, -0.2) is 38.6 Å². The Morgan fingerprint density at radius 2 is 1.86 bits per heavy atom. The summed E-state index contributed by atoms with van der Waals surface area (Å²) in [6, 6.07) is 4.60. The summed E-state index contributed by atoms with van der Waals surface area (Å²) in [6.45, 7) is 1.81. The summed E-state index contributed by atoms with van der Waals surface area (Å²) in [5.41, 5.74) is 0.884. The second-order valence-corrected chi connectivity index (χ2v) is 6.15. The lowest BCUT2D eigenvalue weighted by molar-refractivity contribution is -0.142. The van der Waals surface area contributed by atoms with E-state index in [2.05, 4.69) is 9.46 Å². The molecule has 7 nitrogen and oxygen atoms in total. The van der Waals surface area contributed by atoms with Crippen molar-refractivity contribution in [3.05, 3.63) is 29.8 Å². The van der Waals surface area contributed by atoms with Gasteiger partial charge in [0.1, 0.15) is 6.04 Å². The summed E-state index contributed by atoms with van der Waals surface area (Å²) < 4.78 is 30.6. The molecule has 0 heterocycles. The van der Waals surface area contributed by atoms with Crippen molar-refractivity contribution in [2.75, 3.05) is 7.11 Å². The largest absolute Gasteiger partial charge is 0.480 e. The Labute approximate surface area is 123 Å².